The Morgan fingerprint density at radius 2 is 2.27 bits per heavy atom. The largest absolute Gasteiger partial charge is 0.410 e. The van der Waals surface area contributed by atoms with Gasteiger partial charge in [0.15, 0.2) is 5.75 Å². The molecule has 2 N–H and O–H groups in total. The standard InChI is InChI=1S/C7H5FN2O/c8-6-1-2-7(11-10)5(3-6)4-9/h1-3H,10H2. The Morgan fingerprint density at radius 1 is 1.55 bits per heavy atom. The van der Waals surface area contributed by atoms with Gasteiger partial charge in [-0.05, 0) is 18.2 Å². The van der Waals surface area contributed by atoms with E-state index in [0.29, 0.717) is 0 Å². The van der Waals surface area contributed by atoms with Crippen LogP contribution in [0.3, 0.4) is 0 Å². The highest BCUT2D eigenvalue weighted by Gasteiger charge is 2.02. The molecule has 3 nitrogen and oxygen atoms in total. The minimum atomic E-state index is -0.484. The van der Waals surface area contributed by atoms with Gasteiger partial charge in [0.05, 0.1) is 5.56 Å². The number of halogens is 1. The number of hydrogen-bond donors (Lipinski definition) is 1. The Morgan fingerprint density at radius 3 is 2.82 bits per heavy atom. The van der Waals surface area contributed by atoms with Crippen LogP contribution in [0.4, 0.5) is 4.39 Å². The maximum Gasteiger partial charge on any atom is 0.164 e. The Hall–Kier alpha value is -1.60. The lowest BCUT2D eigenvalue weighted by molar-refractivity contribution is 0.333. The van der Waals surface area contributed by atoms with Gasteiger partial charge >= 0.3 is 0 Å². The molecule has 0 saturated heterocycles. The maximum atomic E-state index is 12.4. The second-order valence-electron chi connectivity index (χ2n) is 1.87. The van der Waals surface area contributed by atoms with E-state index in [4.69, 9.17) is 11.2 Å². The summed E-state index contributed by atoms with van der Waals surface area (Å²) in [6.07, 6.45) is 0. The van der Waals surface area contributed by atoms with Crippen molar-refractivity contribution in [2.45, 2.75) is 0 Å². The molecule has 11 heavy (non-hydrogen) atoms. The lowest BCUT2D eigenvalue weighted by atomic mass is 10.2. The summed E-state index contributed by atoms with van der Waals surface area (Å²) >= 11 is 0. The molecule has 56 valence electrons. The molecule has 0 atom stereocenters. The fraction of sp³-hybridized carbons (Fsp3) is 0. The number of nitriles is 1. The molecule has 0 amide bonds. The smallest absolute Gasteiger partial charge is 0.164 e. The van der Waals surface area contributed by atoms with Crippen molar-refractivity contribution in [3.8, 4) is 11.8 Å². The fourth-order valence-electron chi connectivity index (χ4n) is 0.692. The first-order valence-electron chi connectivity index (χ1n) is 2.84. The summed E-state index contributed by atoms with van der Waals surface area (Å²) < 4.78 is 12.4. The average molecular weight is 152 g/mol. The van der Waals surface area contributed by atoms with E-state index < -0.39 is 5.82 Å². The summed E-state index contributed by atoms with van der Waals surface area (Å²) in [7, 11) is 0. The molecule has 0 aliphatic carbocycles. The van der Waals surface area contributed by atoms with Crippen molar-refractivity contribution in [1.82, 2.24) is 0 Å². The molecule has 0 aliphatic heterocycles. The first-order valence-corrected chi connectivity index (χ1v) is 2.84. The van der Waals surface area contributed by atoms with E-state index >= 15 is 0 Å². The predicted molar refractivity (Wildman–Crippen MR) is 35.9 cm³/mol. The van der Waals surface area contributed by atoms with Crippen molar-refractivity contribution in [3.05, 3.63) is 29.6 Å². The molecule has 0 spiro atoms. The van der Waals surface area contributed by atoms with Crippen LogP contribution in [0.5, 0.6) is 5.75 Å². The van der Waals surface area contributed by atoms with Crippen molar-refractivity contribution >= 4 is 0 Å². The SMILES string of the molecule is N#Cc1cc(F)ccc1ON. The minimum absolute atomic E-state index is 0.0903. The van der Waals surface area contributed by atoms with Crippen LogP contribution >= 0.6 is 0 Å². The van der Waals surface area contributed by atoms with E-state index in [9.17, 15) is 4.39 Å². The Kier molecular flexibility index (Phi) is 2.04. The first-order chi connectivity index (χ1) is 5.27. The highest BCUT2D eigenvalue weighted by Crippen LogP contribution is 2.16. The van der Waals surface area contributed by atoms with Crippen LogP contribution in [-0.2, 0) is 0 Å². The van der Waals surface area contributed by atoms with Crippen molar-refractivity contribution in [3.63, 3.8) is 0 Å². The van der Waals surface area contributed by atoms with Crippen LogP contribution in [0.25, 0.3) is 0 Å². The summed E-state index contributed by atoms with van der Waals surface area (Å²) in [6, 6.07) is 5.27. The Bertz CT molecular complexity index is 306. The van der Waals surface area contributed by atoms with Crippen molar-refractivity contribution in [2.24, 2.45) is 5.90 Å². The molecular formula is C7H5FN2O. The molecule has 0 bridgehead atoms. The summed E-state index contributed by atoms with van der Waals surface area (Å²) in [6.45, 7) is 0. The van der Waals surface area contributed by atoms with Gasteiger partial charge in [-0.3, -0.25) is 0 Å². The second-order valence-corrected chi connectivity index (χ2v) is 1.87. The van der Waals surface area contributed by atoms with Gasteiger partial charge in [-0.15, -0.1) is 0 Å². The van der Waals surface area contributed by atoms with Gasteiger partial charge in [-0.1, -0.05) is 0 Å². The molecule has 1 aromatic rings. The van der Waals surface area contributed by atoms with E-state index in [0.717, 1.165) is 6.07 Å². The van der Waals surface area contributed by atoms with Gasteiger partial charge in [0.2, 0.25) is 0 Å². The molecule has 0 radical (unpaired) electrons. The summed E-state index contributed by atoms with van der Waals surface area (Å²) in [5, 5.41) is 8.42. The van der Waals surface area contributed by atoms with Gasteiger partial charge < -0.3 is 4.84 Å². The quantitative estimate of drug-likeness (QED) is 0.609. The van der Waals surface area contributed by atoms with Crippen LogP contribution in [0.15, 0.2) is 18.2 Å². The van der Waals surface area contributed by atoms with E-state index in [1.165, 1.54) is 12.1 Å². The molecule has 1 rings (SSSR count). The number of benzene rings is 1. The van der Waals surface area contributed by atoms with Crippen molar-refractivity contribution in [2.75, 3.05) is 0 Å². The molecule has 0 fully saturated rings. The van der Waals surface area contributed by atoms with Crippen LogP contribution in [0.1, 0.15) is 5.56 Å². The molecule has 0 heterocycles. The molecular weight excluding hydrogens is 147 g/mol. The van der Waals surface area contributed by atoms with Gasteiger partial charge in [0, 0.05) is 0 Å². The number of hydrogen-bond acceptors (Lipinski definition) is 3. The maximum absolute atomic E-state index is 12.4. The lowest BCUT2D eigenvalue weighted by Gasteiger charge is -1.98. The molecule has 1 aromatic carbocycles. The highest BCUT2D eigenvalue weighted by atomic mass is 19.1. The summed E-state index contributed by atoms with van der Waals surface area (Å²) in [4.78, 5) is 4.30. The zero-order chi connectivity index (χ0) is 8.27. The summed E-state index contributed by atoms with van der Waals surface area (Å²) in [5.41, 5.74) is 0.0903. The number of nitrogens with zero attached hydrogens (tertiary/aromatic N) is 1. The van der Waals surface area contributed by atoms with Crippen LogP contribution in [-0.4, -0.2) is 0 Å². The number of nitrogens with two attached hydrogens (primary N) is 1. The van der Waals surface area contributed by atoms with Gasteiger partial charge in [-0.25, -0.2) is 4.39 Å². The average Bonchev–Trinajstić information content (AvgIpc) is 2.04. The van der Waals surface area contributed by atoms with E-state index in [-0.39, 0.29) is 11.3 Å². The highest BCUT2D eigenvalue weighted by molar-refractivity contribution is 5.42. The van der Waals surface area contributed by atoms with Gasteiger partial charge in [-0.2, -0.15) is 11.2 Å². The van der Waals surface area contributed by atoms with E-state index in [1.807, 2.05) is 0 Å². The third-order valence-corrected chi connectivity index (χ3v) is 1.19. The zero-order valence-electron chi connectivity index (χ0n) is 5.54. The van der Waals surface area contributed by atoms with Crippen LogP contribution in [0, 0.1) is 17.1 Å². The van der Waals surface area contributed by atoms with Crippen LogP contribution in [0.2, 0.25) is 0 Å². The van der Waals surface area contributed by atoms with Gasteiger partial charge in [0.25, 0.3) is 0 Å². The lowest BCUT2D eigenvalue weighted by Crippen LogP contribution is -2.03. The van der Waals surface area contributed by atoms with Gasteiger partial charge in [0.1, 0.15) is 11.9 Å². The topological polar surface area (TPSA) is 59.0 Å². The molecule has 4 heteroatoms. The Balaban J connectivity index is 3.19. The second kappa shape index (κ2) is 2.99. The molecule has 0 saturated carbocycles. The third kappa shape index (κ3) is 1.45. The minimum Gasteiger partial charge on any atom is -0.410 e. The number of rotatable bonds is 1. The summed E-state index contributed by atoms with van der Waals surface area (Å²) in [5.74, 6) is 4.49. The monoisotopic (exact) mass is 152 g/mol. The zero-order valence-corrected chi connectivity index (χ0v) is 5.54. The fourth-order valence-corrected chi connectivity index (χ4v) is 0.692. The Labute approximate surface area is 62.8 Å². The van der Waals surface area contributed by atoms with Crippen molar-refractivity contribution in [1.29, 1.82) is 5.26 Å². The normalized spacial score (nSPS) is 8.82. The molecule has 0 aromatic heterocycles. The van der Waals surface area contributed by atoms with E-state index in [2.05, 4.69) is 4.84 Å². The van der Waals surface area contributed by atoms with Crippen LogP contribution < -0.4 is 10.7 Å². The first kappa shape index (κ1) is 7.51. The predicted octanol–water partition coefficient (Wildman–Crippen LogP) is 0.950. The van der Waals surface area contributed by atoms with E-state index in [1.54, 1.807) is 6.07 Å². The third-order valence-electron chi connectivity index (χ3n) is 1.19. The molecule has 0 aliphatic rings. The molecule has 0 unspecified atom stereocenters. The van der Waals surface area contributed by atoms with Crippen molar-refractivity contribution < 1.29 is 9.23 Å².